The van der Waals surface area contributed by atoms with Crippen molar-refractivity contribution in [2.45, 2.75) is 71.4 Å². The highest BCUT2D eigenvalue weighted by Crippen LogP contribution is 2.40. The van der Waals surface area contributed by atoms with Gasteiger partial charge in [-0.2, -0.15) is 0 Å². The number of fused-ring (bicyclic) bond motifs is 1. The summed E-state index contributed by atoms with van der Waals surface area (Å²) in [7, 11) is 0. The molecule has 150 valence electrons. The van der Waals surface area contributed by atoms with E-state index >= 15 is 0 Å². The number of ether oxygens (including phenoxy) is 1. The molecule has 5 heteroatoms. The van der Waals surface area contributed by atoms with Crippen LogP contribution in [-0.2, 0) is 6.61 Å². The molecule has 2 fully saturated rings. The summed E-state index contributed by atoms with van der Waals surface area (Å²) < 4.78 is 11.1. The normalized spacial score (nSPS) is 24.4. The molecule has 3 unspecified atom stereocenters. The van der Waals surface area contributed by atoms with E-state index in [0.717, 1.165) is 41.7 Å². The van der Waals surface area contributed by atoms with E-state index in [-0.39, 0.29) is 5.91 Å². The molecule has 2 aliphatic carbocycles. The summed E-state index contributed by atoms with van der Waals surface area (Å²) in [5.41, 5.74) is 2.45. The lowest BCUT2D eigenvalue weighted by Gasteiger charge is -2.39. The average Bonchev–Trinajstić information content (AvgIpc) is 3.04. The first-order valence-corrected chi connectivity index (χ1v) is 10.6. The van der Waals surface area contributed by atoms with Crippen LogP contribution in [0.25, 0.3) is 0 Å². The molecule has 0 radical (unpaired) electrons. The van der Waals surface area contributed by atoms with Crippen molar-refractivity contribution < 1.29 is 14.1 Å². The smallest absolute Gasteiger partial charge is 0.251 e. The van der Waals surface area contributed by atoms with E-state index in [2.05, 4.69) is 10.5 Å². The molecule has 28 heavy (non-hydrogen) atoms. The minimum absolute atomic E-state index is 0.00190. The van der Waals surface area contributed by atoms with Crippen molar-refractivity contribution >= 4 is 5.91 Å². The van der Waals surface area contributed by atoms with Crippen LogP contribution in [0.2, 0.25) is 0 Å². The van der Waals surface area contributed by atoms with Gasteiger partial charge >= 0.3 is 0 Å². The lowest BCUT2D eigenvalue weighted by atomic mass is 9.69. The van der Waals surface area contributed by atoms with Crippen molar-refractivity contribution in [3.63, 3.8) is 0 Å². The van der Waals surface area contributed by atoms with Crippen molar-refractivity contribution in [2.75, 3.05) is 0 Å². The number of hydrogen-bond acceptors (Lipinski definition) is 4. The number of amides is 1. The fourth-order valence-corrected chi connectivity index (χ4v) is 4.86. The standard InChI is InChI=1S/C23H30N2O3/c1-15-22(16(2)28-25-15)14-27-21-9-5-8-19(13-21)23(26)24-20-11-10-17-6-3-4-7-18(17)12-20/h5,8-9,13,17-18,20H,3-4,6-7,10-12,14H2,1-2H3,(H,24,26). The van der Waals surface area contributed by atoms with Crippen molar-refractivity contribution in [3.8, 4) is 5.75 Å². The Morgan fingerprint density at radius 1 is 1.18 bits per heavy atom. The van der Waals surface area contributed by atoms with Crippen LogP contribution in [-0.4, -0.2) is 17.1 Å². The van der Waals surface area contributed by atoms with E-state index in [1.165, 1.54) is 32.1 Å². The Labute approximate surface area is 166 Å². The number of nitrogens with one attached hydrogen (secondary N) is 1. The van der Waals surface area contributed by atoms with Gasteiger partial charge in [0.15, 0.2) is 0 Å². The van der Waals surface area contributed by atoms with Crippen LogP contribution in [0.4, 0.5) is 0 Å². The van der Waals surface area contributed by atoms with Gasteiger partial charge < -0.3 is 14.6 Å². The second kappa shape index (κ2) is 8.38. The van der Waals surface area contributed by atoms with Gasteiger partial charge in [-0.3, -0.25) is 4.79 Å². The summed E-state index contributed by atoms with van der Waals surface area (Å²) in [5.74, 6) is 3.15. The van der Waals surface area contributed by atoms with E-state index in [4.69, 9.17) is 9.26 Å². The molecule has 3 atom stereocenters. The van der Waals surface area contributed by atoms with E-state index in [1.807, 2.05) is 38.1 Å². The lowest BCUT2D eigenvalue weighted by Crippen LogP contribution is -2.41. The molecule has 1 aromatic carbocycles. The monoisotopic (exact) mass is 382 g/mol. The molecule has 2 saturated carbocycles. The third-order valence-electron chi connectivity index (χ3n) is 6.54. The average molecular weight is 383 g/mol. The van der Waals surface area contributed by atoms with Crippen LogP contribution < -0.4 is 10.1 Å². The molecule has 1 aromatic heterocycles. The zero-order valence-electron chi connectivity index (χ0n) is 16.9. The molecule has 1 heterocycles. The summed E-state index contributed by atoms with van der Waals surface area (Å²) in [4.78, 5) is 12.8. The summed E-state index contributed by atoms with van der Waals surface area (Å²) in [6, 6.07) is 7.72. The number of aryl methyl sites for hydroxylation is 2. The van der Waals surface area contributed by atoms with Crippen LogP contribution in [0.15, 0.2) is 28.8 Å². The van der Waals surface area contributed by atoms with Gasteiger partial charge in [0, 0.05) is 11.6 Å². The minimum atomic E-state index is 0.00190. The molecule has 4 rings (SSSR count). The van der Waals surface area contributed by atoms with Gasteiger partial charge in [-0.25, -0.2) is 0 Å². The Kier molecular flexibility index (Phi) is 5.69. The number of hydrogen-bond donors (Lipinski definition) is 1. The Morgan fingerprint density at radius 3 is 2.79 bits per heavy atom. The predicted octanol–water partition coefficient (Wildman–Crippen LogP) is 4.96. The van der Waals surface area contributed by atoms with Gasteiger partial charge in [0.25, 0.3) is 5.91 Å². The number of carbonyl (C=O) groups is 1. The molecule has 0 aliphatic heterocycles. The van der Waals surface area contributed by atoms with Crippen LogP contribution in [0.1, 0.15) is 72.3 Å². The number of aromatic nitrogens is 1. The van der Waals surface area contributed by atoms with Gasteiger partial charge in [-0.05, 0) is 63.1 Å². The van der Waals surface area contributed by atoms with Gasteiger partial charge in [-0.15, -0.1) is 0 Å². The first-order chi connectivity index (χ1) is 13.6. The summed E-state index contributed by atoms with van der Waals surface area (Å²) in [6.45, 7) is 4.17. The van der Waals surface area contributed by atoms with Gasteiger partial charge in [0.05, 0.1) is 11.3 Å². The first kappa shape index (κ1) is 19.0. The Morgan fingerprint density at radius 2 is 2.00 bits per heavy atom. The maximum atomic E-state index is 12.8. The molecule has 2 aliphatic rings. The fourth-order valence-electron chi connectivity index (χ4n) is 4.86. The Balaban J connectivity index is 1.35. The lowest BCUT2D eigenvalue weighted by molar-refractivity contribution is 0.0879. The summed E-state index contributed by atoms with van der Waals surface area (Å²) in [5, 5.41) is 7.21. The zero-order valence-corrected chi connectivity index (χ0v) is 16.9. The van der Waals surface area contributed by atoms with Crippen molar-refractivity contribution in [1.29, 1.82) is 0 Å². The number of benzene rings is 1. The summed E-state index contributed by atoms with van der Waals surface area (Å²) >= 11 is 0. The van der Waals surface area contributed by atoms with E-state index in [0.29, 0.717) is 24.0 Å². The quantitative estimate of drug-likeness (QED) is 0.794. The number of carbonyl (C=O) groups excluding carboxylic acids is 1. The third kappa shape index (κ3) is 4.23. The van der Waals surface area contributed by atoms with Gasteiger partial charge in [-0.1, -0.05) is 36.9 Å². The van der Waals surface area contributed by atoms with Crippen molar-refractivity contribution in [3.05, 3.63) is 46.8 Å². The molecule has 0 bridgehead atoms. The fraction of sp³-hybridized carbons (Fsp3) is 0.565. The highest BCUT2D eigenvalue weighted by molar-refractivity contribution is 5.94. The van der Waals surface area contributed by atoms with Crippen molar-refractivity contribution in [1.82, 2.24) is 10.5 Å². The summed E-state index contributed by atoms with van der Waals surface area (Å²) in [6.07, 6.45) is 8.97. The molecular formula is C23H30N2O3. The second-order valence-electron chi connectivity index (χ2n) is 8.41. The van der Waals surface area contributed by atoms with Gasteiger partial charge in [0.1, 0.15) is 18.1 Å². The maximum Gasteiger partial charge on any atom is 0.251 e. The topological polar surface area (TPSA) is 64.4 Å². The van der Waals surface area contributed by atoms with Crippen LogP contribution in [0, 0.1) is 25.7 Å². The molecule has 1 N–H and O–H groups in total. The van der Waals surface area contributed by atoms with Crippen LogP contribution in [0.5, 0.6) is 5.75 Å². The van der Waals surface area contributed by atoms with Crippen molar-refractivity contribution in [2.24, 2.45) is 11.8 Å². The highest BCUT2D eigenvalue weighted by Gasteiger charge is 2.32. The Hall–Kier alpha value is -2.30. The third-order valence-corrected chi connectivity index (χ3v) is 6.54. The van der Waals surface area contributed by atoms with Crippen LogP contribution in [0.3, 0.4) is 0 Å². The van der Waals surface area contributed by atoms with E-state index in [9.17, 15) is 4.79 Å². The van der Waals surface area contributed by atoms with E-state index < -0.39 is 0 Å². The molecule has 0 saturated heterocycles. The highest BCUT2D eigenvalue weighted by atomic mass is 16.5. The zero-order chi connectivity index (χ0) is 19.5. The van der Waals surface area contributed by atoms with Gasteiger partial charge in [0.2, 0.25) is 0 Å². The minimum Gasteiger partial charge on any atom is -0.489 e. The SMILES string of the molecule is Cc1noc(C)c1COc1cccc(C(=O)NC2CCC3CCCCC3C2)c1. The van der Waals surface area contributed by atoms with E-state index in [1.54, 1.807) is 0 Å². The molecule has 0 spiro atoms. The molecule has 2 aromatic rings. The Bertz CT molecular complexity index is 810. The molecule has 1 amide bonds. The number of nitrogens with zero attached hydrogens (tertiary/aromatic N) is 1. The first-order valence-electron chi connectivity index (χ1n) is 10.6. The largest absolute Gasteiger partial charge is 0.489 e. The number of rotatable bonds is 5. The molecule has 5 nitrogen and oxygen atoms in total. The molecular weight excluding hydrogens is 352 g/mol. The van der Waals surface area contributed by atoms with Crippen LogP contribution >= 0.6 is 0 Å². The second-order valence-corrected chi connectivity index (χ2v) is 8.41. The maximum absolute atomic E-state index is 12.8. The predicted molar refractivity (Wildman–Crippen MR) is 107 cm³/mol.